The first-order valence-corrected chi connectivity index (χ1v) is 9.23. The number of hydrogen-bond donors (Lipinski definition) is 4. The number of aromatic hydroxyl groups is 1. The van der Waals surface area contributed by atoms with Crippen molar-refractivity contribution in [2.75, 3.05) is 0 Å². The lowest BCUT2D eigenvalue weighted by Crippen LogP contribution is -2.18. The van der Waals surface area contributed by atoms with E-state index in [9.17, 15) is 14.7 Å². The summed E-state index contributed by atoms with van der Waals surface area (Å²) in [5.41, 5.74) is 11.2. The average Bonchev–Trinajstić information content (AvgIpc) is 3.09. The zero-order valence-corrected chi connectivity index (χ0v) is 15.9. The van der Waals surface area contributed by atoms with Gasteiger partial charge >= 0.3 is 0 Å². The Labute approximate surface area is 171 Å². The summed E-state index contributed by atoms with van der Waals surface area (Å²) in [5, 5.41) is 19.2. The van der Waals surface area contributed by atoms with Gasteiger partial charge in [0.05, 0.1) is 11.3 Å². The summed E-state index contributed by atoms with van der Waals surface area (Å²) in [5.74, 6) is -1.00. The van der Waals surface area contributed by atoms with Gasteiger partial charge in [0, 0.05) is 23.0 Å². The molecule has 0 aliphatic rings. The normalized spacial score (nSPS) is 10.8. The number of para-hydroxylation sites is 1. The number of nitrogens with one attached hydrogen (secondary N) is 1. The van der Waals surface area contributed by atoms with Crippen LogP contribution in [0.25, 0.3) is 22.2 Å². The van der Waals surface area contributed by atoms with Gasteiger partial charge in [-0.2, -0.15) is 0 Å². The van der Waals surface area contributed by atoms with Crippen LogP contribution in [0.3, 0.4) is 0 Å². The van der Waals surface area contributed by atoms with E-state index in [2.05, 4.69) is 0 Å². The lowest BCUT2D eigenvalue weighted by Gasteiger charge is -2.13. The summed E-state index contributed by atoms with van der Waals surface area (Å²) in [6.07, 6.45) is 0. The first-order chi connectivity index (χ1) is 14.5. The molecule has 0 aliphatic heterocycles. The predicted molar refractivity (Wildman–Crippen MR) is 112 cm³/mol. The Balaban J connectivity index is 1.90. The molecule has 2 amide bonds. The van der Waals surface area contributed by atoms with E-state index in [0.717, 1.165) is 22.0 Å². The van der Waals surface area contributed by atoms with Crippen LogP contribution in [0, 0.1) is 0 Å². The Kier molecular flexibility index (Phi) is 4.95. The van der Waals surface area contributed by atoms with Gasteiger partial charge < -0.3 is 15.4 Å². The number of rotatable bonds is 5. The number of carbonyl (C=O) groups excluding carboxylic acids is 2. The van der Waals surface area contributed by atoms with Crippen molar-refractivity contribution in [2.45, 2.75) is 6.54 Å². The smallest absolute Gasteiger partial charge is 0.274 e. The van der Waals surface area contributed by atoms with Crippen LogP contribution < -0.4 is 11.2 Å². The van der Waals surface area contributed by atoms with Crippen molar-refractivity contribution in [2.24, 2.45) is 5.73 Å². The van der Waals surface area contributed by atoms with E-state index in [1.807, 2.05) is 28.8 Å². The number of carbonyl (C=O) groups is 2. The van der Waals surface area contributed by atoms with Gasteiger partial charge in [-0.25, -0.2) is 5.48 Å². The van der Waals surface area contributed by atoms with Gasteiger partial charge in [-0.05, 0) is 53.6 Å². The van der Waals surface area contributed by atoms with E-state index in [4.69, 9.17) is 10.9 Å². The van der Waals surface area contributed by atoms with Crippen molar-refractivity contribution >= 4 is 22.7 Å². The molecule has 3 aromatic carbocycles. The summed E-state index contributed by atoms with van der Waals surface area (Å²) in [6.45, 7) is 0.422. The number of nitrogens with zero attached hydrogens (tertiary/aromatic N) is 1. The molecule has 0 saturated carbocycles. The van der Waals surface area contributed by atoms with Crippen LogP contribution in [-0.2, 0) is 6.54 Å². The minimum Gasteiger partial charge on any atom is -0.508 e. The SMILES string of the molecule is NC(=O)c1c(-c2ccc(O)cc2)n(Cc2ccc(C(=O)NO)cc2)c2ccccc12. The molecule has 4 aromatic rings. The number of hydrogen-bond acceptors (Lipinski definition) is 4. The fourth-order valence-corrected chi connectivity index (χ4v) is 3.65. The molecule has 7 heteroatoms. The predicted octanol–water partition coefficient (Wildman–Crippen LogP) is 3.28. The van der Waals surface area contributed by atoms with E-state index < -0.39 is 11.8 Å². The Bertz CT molecular complexity index is 1240. The van der Waals surface area contributed by atoms with Crippen molar-refractivity contribution in [3.05, 3.63) is 89.5 Å². The van der Waals surface area contributed by atoms with Gasteiger partial charge in [-0.3, -0.25) is 14.8 Å². The molecular weight excluding hydrogens is 382 g/mol. The van der Waals surface area contributed by atoms with E-state index >= 15 is 0 Å². The molecule has 1 heterocycles. The monoisotopic (exact) mass is 401 g/mol. The van der Waals surface area contributed by atoms with Crippen molar-refractivity contribution in [1.29, 1.82) is 0 Å². The van der Waals surface area contributed by atoms with Crippen LogP contribution in [0.15, 0.2) is 72.8 Å². The van der Waals surface area contributed by atoms with Gasteiger partial charge in [0.15, 0.2) is 0 Å². The lowest BCUT2D eigenvalue weighted by atomic mass is 10.0. The summed E-state index contributed by atoms with van der Waals surface area (Å²) < 4.78 is 1.99. The van der Waals surface area contributed by atoms with E-state index in [0.29, 0.717) is 23.4 Å². The van der Waals surface area contributed by atoms with Crippen LogP contribution in [0.2, 0.25) is 0 Å². The maximum absolute atomic E-state index is 12.4. The molecule has 0 radical (unpaired) electrons. The molecular formula is C23H19N3O4. The number of amides is 2. The molecule has 0 spiro atoms. The number of fused-ring (bicyclic) bond motifs is 1. The lowest BCUT2D eigenvalue weighted by molar-refractivity contribution is 0.0706. The molecule has 5 N–H and O–H groups in total. The molecule has 0 saturated heterocycles. The Morgan fingerprint density at radius 2 is 1.60 bits per heavy atom. The summed E-state index contributed by atoms with van der Waals surface area (Å²) in [7, 11) is 0. The van der Waals surface area contributed by atoms with Crippen LogP contribution in [0.1, 0.15) is 26.3 Å². The second-order valence-corrected chi connectivity index (χ2v) is 6.88. The Morgan fingerprint density at radius 1 is 0.933 bits per heavy atom. The summed E-state index contributed by atoms with van der Waals surface area (Å²) >= 11 is 0. The van der Waals surface area contributed by atoms with Gasteiger partial charge in [0.25, 0.3) is 11.8 Å². The number of phenolic OH excluding ortho intramolecular Hbond substituents is 1. The zero-order valence-electron chi connectivity index (χ0n) is 15.9. The molecule has 7 nitrogen and oxygen atoms in total. The molecule has 1 aromatic heterocycles. The van der Waals surface area contributed by atoms with Crippen molar-refractivity contribution in [3.63, 3.8) is 0 Å². The number of phenols is 1. The highest BCUT2D eigenvalue weighted by Crippen LogP contribution is 2.35. The maximum atomic E-state index is 12.4. The topological polar surface area (TPSA) is 118 Å². The fraction of sp³-hybridized carbons (Fsp3) is 0.0435. The third kappa shape index (κ3) is 3.38. The molecule has 30 heavy (non-hydrogen) atoms. The zero-order chi connectivity index (χ0) is 21.3. The summed E-state index contributed by atoms with van der Waals surface area (Å²) in [4.78, 5) is 24.0. The summed E-state index contributed by atoms with van der Waals surface area (Å²) in [6, 6.07) is 20.9. The standard InChI is InChI=1S/C23H19N3O4/c24-22(28)20-18-3-1-2-4-19(18)26(21(20)15-9-11-17(27)12-10-15)13-14-5-7-16(8-6-14)23(29)25-30/h1-12,27,30H,13H2,(H2,24,28)(H,25,29). The van der Waals surface area contributed by atoms with Gasteiger partial charge in [0.2, 0.25) is 0 Å². The third-order valence-corrected chi connectivity index (χ3v) is 5.02. The van der Waals surface area contributed by atoms with Crippen LogP contribution in [0.5, 0.6) is 5.75 Å². The van der Waals surface area contributed by atoms with Crippen LogP contribution >= 0.6 is 0 Å². The molecule has 150 valence electrons. The highest BCUT2D eigenvalue weighted by Gasteiger charge is 2.22. The quantitative estimate of drug-likeness (QED) is 0.303. The largest absolute Gasteiger partial charge is 0.508 e. The molecule has 0 fully saturated rings. The minimum absolute atomic E-state index is 0.125. The number of nitrogens with two attached hydrogens (primary N) is 1. The second kappa shape index (κ2) is 7.73. The van der Waals surface area contributed by atoms with Crippen molar-refractivity contribution < 1.29 is 19.9 Å². The van der Waals surface area contributed by atoms with Gasteiger partial charge in [-0.1, -0.05) is 30.3 Å². The minimum atomic E-state index is -0.589. The number of benzene rings is 3. The van der Waals surface area contributed by atoms with E-state index in [-0.39, 0.29) is 5.75 Å². The number of aromatic nitrogens is 1. The Morgan fingerprint density at radius 3 is 2.23 bits per heavy atom. The molecule has 0 atom stereocenters. The first-order valence-electron chi connectivity index (χ1n) is 9.23. The molecule has 0 bridgehead atoms. The fourth-order valence-electron chi connectivity index (χ4n) is 3.65. The van der Waals surface area contributed by atoms with Crippen LogP contribution in [-0.4, -0.2) is 26.7 Å². The van der Waals surface area contributed by atoms with Crippen LogP contribution in [0.4, 0.5) is 0 Å². The van der Waals surface area contributed by atoms with Gasteiger partial charge in [0.1, 0.15) is 5.75 Å². The average molecular weight is 401 g/mol. The molecule has 0 unspecified atom stereocenters. The molecule has 0 aliphatic carbocycles. The van der Waals surface area contributed by atoms with E-state index in [1.165, 1.54) is 0 Å². The third-order valence-electron chi connectivity index (χ3n) is 5.02. The molecule has 4 rings (SSSR count). The second-order valence-electron chi connectivity index (χ2n) is 6.88. The highest BCUT2D eigenvalue weighted by atomic mass is 16.5. The van der Waals surface area contributed by atoms with Crippen molar-refractivity contribution in [3.8, 4) is 17.0 Å². The van der Waals surface area contributed by atoms with Crippen molar-refractivity contribution in [1.82, 2.24) is 10.0 Å². The maximum Gasteiger partial charge on any atom is 0.274 e. The van der Waals surface area contributed by atoms with Gasteiger partial charge in [-0.15, -0.1) is 0 Å². The Hall–Kier alpha value is -4.10. The first kappa shape index (κ1) is 19.2. The number of hydroxylamine groups is 1. The highest BCUT2D eigenvalue weighted by molar-refractivity contribution is 6.12. The van der Waals surface area contributed by atoms with E-state index in [1.54, 1.807) is 54.0 Å². The number of primary amides is 1.